The Morgan fingerprint density at radius 3 is 2.22 bits per heavy atom. The smallest absolute Gasteiger partial charge is 0.0900 e. The highest BCUT2D eigenvalue weighted by molar-refractivity contribution is 7.11. The Labute approximate surface area is 116 Å². The number of rotatable bonds is 6. The van der Waals surface area contributed by atoms with Gasteiger partial charge in [-0.05, 0) is 40.8 Å². The molecular formula is C14H27N3S. The first kappa shape index (κ1) is 15.6. The van der Waals surface area contributed by atoms with Crippen LogP contribution < -0.4 is 5.32 Å². The van der Waals surface area contributed by atoms with E-state index in [-0.39, 0.29) is 0 Å². The normalized spacial score (nSPS) is 15.4. The number of aromatic nitrogens is 1. The van der Waals surface area contributed by atoms with Gasteiger partial charge in [-0.15, -0.1) is 11.3 Å². The van der Waals surface area contributed by atoms with Gasteiger partial charge in [-0.25, -0.2) is 4.98 Å². The summed E-state index contributed by atoms with van der Waals surface area (Å²) in [5.74, 6) is 0.656. The number of nitrogens with zero attached hydrogens (tertiary/aromatic N) is 2. The highest BCUT2D eigenvalue weighted by Crippen LogP contribution is 2.24. The third-order valence-electron chi connectivity index (χ3n) is 3.40. The molecule has 0 bridgehead atoms. The molecule has 3 nitrogen and oxygen atoms in total. The van der Waals surface area contributed by atoms with Crippen LogP contribution >= 0.6 is 11.3 Å². The van der Waals surface area contributed by atoms with Gasteiger partial charge in [0.15, 0.2) is 0 Å². The molecule has 1 aromatic heterocycles. The molecule has 0 amide bonds. The van der Waals surface area contributed by atoms with Gasteiger partial charge in [-0.1, -0.05) is 13.8 Å². The Balaban J connectivity index is 2.60. The first-order valence-corrected chi connectivity index (χ1v) is 7.48. The van der Waals surface area contributed by atoms with Crippen molar-refractivity contribution < 1.29 is 0 Å². The summed E-state index contributed by atoms with van der Waals surface area (Å²) in [7, 11) is 4.30. The fraction of sp³-hybridized carbons (Fsp3) is 0.786. The molecule has 0 aliphatic carbocycles. The van der Waals surface area contributed by atoms with Gasteiger partial charge < -0.3 is 10.2 Å². The molecule has 2 unspecified atom stereocenters. The minimum Gasteiger partial charge on any atom is -0.308 e. The lowest BCUT2D eigenvalue weighted by molar-refractivity contribution is 0.220. The first-order valence-electron chi connectivity index (χ1n) is 6.66. The van der Waals surface area contributed by atoms with Gasteiger partial charge in [0.2, 0.25) is 0 Å². The summed E-state index contributed by atoms with van der Waals surface area (Å²) in [4.78, 5) is 8.17. The first-order chi connectivity index (χ1) is 8.32. The molecule has 1 N–H and O–H groups in total. The van der Waals surface area contributed by atoms with Crippen LogP contribution in [0.3, 0.4) is 0 Å². The second-order valence-electron chi connectivity index (χ2n) is 5.59. The molecule has 0 spiro atoms. The molecule has 4 heteroatoms. The Kier molecular flexibility index (Phi) is 5.76. The standard InChI is InChI=1S/C14H27N3S/c1-9(2)13(17(6)7)8-15-10(3)14-11(4)16-12(5)18-14/h9-10,13,15H,8H2,1-7H3. The zero-order valence-electron chi connectivity index (χ0n) is 12.7. The molecule has 1 rings (SSSR count). The van der Waals surface area contributed by atoms with Crippen molar-refractivity contribution in [3.63, 3.8) is 0 Å². The van der Waals surface area contributed by atoms with Gasteiger partial charge >= 0.3 is 0 Å². The predicted molar refractivity (Wildman–Crippen MR) is 80.3 cm³/mol. The molecule has 18 heavy (non-hydrogen) atoms. The third-order valence-corrected chi connectivity index (χ3v) is 4.65. The van der Waals surface area contributed by atoms with E-state index in [0.717, 1.165) is 11.6 Å². The number of nitrogens with one attached hydrogen (secondary N) is 1. The number of thiazole rings is 1. The second kappa shape index (κ2) is 6.64. The topological polar surface area (TPSA) is 28.2 Å². The van der Waals surface area contributed by atoms with Crippen LogP contribution in [0.1, 0.15) is 42.4 Å². The van der Waals surface area contributed by atoms with E-state index in [9.17, 15) is 0 Å². The maximum atomic E-state index is 4.50. The Bertz CT molecular complexity index is 363. The molecule has 1 aromatic rings. The fourth-order valence-electron chi connectivity index (χ4n) is 2.35. The molecule has 104 valence electrons. The molecule has 0 saturated carbocycles. The lowest BCUT2D eigenvalue weighted by atomic mass is 10.0. The van der Waals surface area contributed by atoms with Crippen LogP contribution in [0.2, 0.25) is 0 Å². The molecule has 2 atom stereocenters. The van der Waals surface area contributed by atoms with Crippen molar-refractivity contribution in [2.45, 2.75) is 46.7 Å². The summed E-state index contributed by atoms with van der Waals surface area (Å²) in [6.45, 7) is 12.0. The summed E-state index contributed by atoms with van der Waals surface area (Å²) < 4.78 is 0. The van der Waals surface area contributed by atoms with Crippen LogP contribution in [0.5, 0.6) is 0 Å². The van der Waals surface area contributed by atoms with Crippen molar-refractivity contribution in [2.75, 3.05) is 20.6 Å². The summed E-state index contributed by atoms with van der Waals surface area (Å²) in [6.07, 6.45) is 0. The number of hydrogen-bond donors (Lipinski definition) is 1. The molecule has 0 aliphatic rings. The van der Waals surface area contributed by atoms with Gasteiger partial charge in [-0.2, -0.15) is 0 Å². The molecule has 0 aliphatic heterocycles. The maximum absolute atomic E-state index is 4.50. The summed E-state index contributed by atoms with van der Waals surface area (Å²) >= 11 is 1.80. The van der Waals surface area contributed by atoms with E-state index < -0.39 is 0 Å². The summed E-state index contributed by atoms with van der Waals surface area (Å²) in [5.41, 5.74) is 1.17. The minimum atomic E-state index is 0.386. The number of aryl methyl sites for hydroxylation is 2. The molecular weight excluding hydrogens is 242 g/mol. The summed E-state index contributed by atoms with van der Waals surface area (Å²) in [6, 6.07) is 0.958. The Morgan fingerprint density at radius 1 is 1.22 bits per heavy atom. The van der Waals surface area contributed by atoms with Crippen LogP contribution in [0.4, 0.5) is 0 Å². The van der Waals surface area contributed by atoms with Gasteiger partial charge in [0.1, 0.15) is 0 Å². The second-order valence-corrected chi connectivity index (χ2v) is 6.82. The van der Waals surface area contributed by atoms with Crippen LogP contribution in [-0.4, -0.2) is 36.6 Å². The summed E-state index contributed by atoms with van der Waals surface area (Å²) in [5, 5.41) is 4.80. The van der Waals surface area contributed by atoms with Crippen LogP contribution in [0.15, 0.2) is 0 Å². The van der Waals surface area contributed by atoms with Gasteiger partial charge in [0.05, 0.1) is 10.7 Å². The predicted octanol–water partition coefficient (Wildman–Crippen LogP) is 3.00. The highest BCUT2D eigenvalue weighted by Gasteiger charge is 2.18. The largest absolute Gasteiger partial charge is 0.308 e. The number of hydrogen-bond acceptors (Lipinski definition) is 4. The fourth-order valence-corrected chi connectivity index (χ4v) is 3.31. The average Bonchev–Trinajstić information content (AvgIpc) is 2.56. The van der Waals surface area contributed by atoms with Crippen LogP contribution in [0, 0.1) is 19.8 Å². The van der Waals surface area contributed by atoms with Crippen molar-refractivity contribution in [1.29, 1.82) is 0 Å². The van der Waals surface area contributed by atoms with E-state index in [4.69, 9.17) is 0 Å². The molecule has 1 heterocycles. The van der Waals surface area contributed by atoms with Crippen molar-refractivity contribution in [1.82, 2.24) is 15.2 Å². The van der Waals surface area contributed by atoms with Gasteiger partial charge in [-0.3, -0.25) is 0 Å². The molecule has 0 radical (unpaired) electrons. The van der Waals surface area contributed by atoms with Crippen LogP contribution in [-0.2, 0) is 0 Å². The minimum absolute atomic E-state index is 0.386. The van der Waals surface area contributed by atoms with Crippen molar-refractivity contribution in [3.8, 4) is 0 Å². The molecule has 0 fully saturated rings. The Hall–Kier alpha value is -0.450. The monoisotopic (exact) mass is 269 g/mol. The Morgan fingerprint density at radius 2 is 1.83 bits per heavy atom. The quantitative estimate of drug-likeness (QED) is 0.860. The van der Waals surface area contributed by atoms with Gasteiger partial charge in [0.25, 0.3) is 0 Å². The van der Waals surface area contributed by atoms with E-state index in [1.165, 1.54) is 10.6 Å². The SMILES string of the molecule is Cc1nc(C)c(C(C)NCC(C(C)C)N(C)C)s1. The van der Waals surface area contributed by atoms with Crippen molar-refractivity contribution in [2.24, 2.45) is 5.92 Å². The average molecular weight is 269 g/mol. The highest BCUT2D eigenvalue weighted by atomic mass is 32.1. The van der Waals surface area contributed by atoms with E-state index in [2.05, 4.69) is 63.9 Å². The maximum Gasteiger partial charge on any atom is 0.0900 e. The lowest BCUT2D eigenvalue weighted by Gasteiger charge is -2.29. The zero-order valence-corrected chi connectivity index (χ0v) is 13.6. The third kappa shape index (κ3) is 4.04. The molecule has 0 aromatic carbocycles. The lowest BCUT2D eigenvalue weighted by Crippen LogP contribution is -2.42. The van der Waals surface area contributed by atoms with Crippen molar-refractivity contribution in [3.05, 3.63) is 15.6 Å². The van der Waals surface area contributed by atoms with Crippen molar-refractivity contribution >= 4 is 11.3 Å². The molecule has 0 saturated heterocycles. The van der Waals surface area contributed by atoms with Gasteiger partial charge in [0, 0.05) is 23.5 Å². The zero-order chi connectivity index (χ0) is 13.9. The van der Waals surface area contributed by atoms with E-state index in [1.807, 2.05) is 0 Å². The van der Waals surface area contributed by atoms with E-state index in [0.29, 0.717) is 18.0 Å². The van der Waals surface area contributed by atoms with E-state index in [1.54, 1.807) is 11.3 Å². The van der Waals surface area contributed by atoms with Crippen LogP contribution in [0.25, 0.3) is 0 Å². The number of likely N-dealkylation sites (N-methyl/N-ethyl adjacent to an activating group) is 1. The van der Waals surface area contributed by atoms with E-state index >= 15 is 0 Å².